The van der Waals surface area contributed by atoms with Gasteiger partial charge in [-0.05, 0) is 23.3 Å². The van der Waals surface area contributed by atoms with E-state index >= 15 is 0 Å². The van der Waals surface area contributed by atoms with Crippen molar-refractivity contribution >= 4 is 31.9 Å². The number of rotatable bonds is 2. The van der Waals surface area contributed by atoms with E-state index in [9.17, 15) is 21.6 Å². The van der Waals surface area contributed by atoms with Crippen LogP contribution >= 0.6 is 11.6 Å². The molecule has 150 valence electrons. The number of hydrogen-bond acceptors (Lipinski definition) is 5. The molecule has 0 spiro atoms. The molecule has 2 heterocycles. The number of halogens is 4. The van der Waals surface area contributed by atoms with Crippen LogP contribution in [0.4, 0.5) is 13.2 Å². The number of imidazole rings is 1. The fourth-order valence-corrected chi connectivity index (χ4v) is 3.73. The molecule has 8 nitrogen and oxygen atoms in total. The second-order valence-corrected chi connectivity index (χ2v) is 9.14. The zero-order valence-electron chi connectivity index (χ0n) is 13.6. The van der Waals surface area contributed by atoms with Crippen molar-refractivity contribution in [3.8, 4) is 0 Å². The topological polar surface area (TPSA) is 103 Å². The number of benzene rings is 1. The molecule has 27 heavy (non-hydrogen) atoms. The summed E-state index contributed by atoms with van der Waals surface area (Å²) in [5, 5.41) is 0.630. The summed E-state index contributed by atoms with van der Waals surface area (Å²) >= 11 is 5.93. The molecular weight excluding hydrogens is 435 g/mol. The van der Waals surface area contributed by atoms with Gasteiger partial charge in [0.1, 0.15) is 12.4 Å². The number of alkyl halides is 3. The highest BCUT2D eigenvalue weighted by atomic mass is 35.5. The molecule has 0 unspecified atom stereocenters. The van der Waals surface area contributed by atoms with E-state index in [-0.39, 0.29) is 0 Å². The van der Waals surface area contributed by atoms with Crippen molar-refractivity contribution in [3.63, 3.8) is 0 Å². The molecule has 2 aromatic rings. The van der Waals surface area contributed by atoms with E-state index in [1.165, 1.54) is 20.8 Å². The number of hydrogen-bond donors (Lipinski definition) is 0. The highest BCUT2D eigenvalue weighted by molar-refractivity contribution is 7.87. The molecule has 0 saturated carbocycles. The average molecular weight is 448 g/mol. The van der Waals surface area contributed by atoms with E-state index in [2.05, 4.69) is 0 Å². The molecule has 0 aliphatic carbocycles. The third kappa shape index (κ3) is 4.99. The molecule has 0 amide bonds. The van der Waals surface area contributed by atoms with Crippen molar-refractivity contribution in [2.75, 3.05) is 0 Å². The van der Waals surface area contributed by atoms with Crippen molar-refractivity contribution < 1.29 is 39.1 Å². The van der Waals surface area contributed by atoms with Crippen molar-refractivity contribution in [2.45, 2.75) is 18.6 Å². The smallest absolute Gasteiger partial charge is 0.485 e. The Morgan fingerprint density at radius 2 is 1.70 bits per heavy atom. The van der Waals surface area contributed by atoms with Gasteiger partial charge in [0, 0.05) is 18.1 Å². The summed E-state index contributed by atoms with van der Waals surface area (Å²) in [6.45, 7) is 0.747. The molecule has 3 rings (SSSR count). The summed E-state index contributed by atoms with van der Waals surface area (Å²) in [7, 11) is -7.82. The zero-order valence-corrected chi connectivity index (χ0v) is 16.0. The lowest BCUT2D eigenvalue weighted by Crippen LogP contribution is -2.32. The average Bonchev–Trinajstić information content (AvgIpc) is 3.12. The predicted molar refractivity (Wildman–Crippen MR) is 86.4 cm³/mol. The normalized spacial score (nSPS) is 15.2. The molecule has 0 atom stereocenters. The summed E-state index contributed by atoms with van der Waals surface area (Å²) in [6.07, 6.45) is 4.76. The molecule has 0 saturated heterocycles. The fraction of sp³-hybridized carbons (Fsp3) is 0.308. The summed E-state index contributed by atoms with van der Waals surface area (Å²) in [5.74, 6) is 0. The van der Waals surface area contributed by atoms with Gasteiger partial charge in [-0.1, -0.05) is 17.7 Å². The van der Waals surface area contributed by atoms with Crippen LogP contribution in [0.1, 0.15) is 11.1 Å². The van der Waals surface area contributed by atoms with Crippen LogP contribution in [-0.4, -0.2) is 35.2 Å². The highest BCUT2D eigenvalue weighted by Crippen LogP contribution is 2.28. The second-order valence-electron chi connectivity index (χ2n) is 5.50. The molecule has 1 aliphatic rings. The summed E-state index contributed by atoms with van der Waals surface area (Å²) in [4.78, 5) is 0. The van der Waals surface area contributed by atoms with Gasteiger partial charge in [-0.2, -0.15) is 25.9 Å². The first kappa shape index (κ1) is 21.6. The Kier molecular flexibility index (Phi) is 5.92. The van der Waals surface area contributed by atoms with Gasteiger partial charge < -0.3 is 4.55 Å². The molecule has 0 radical (unpaired) electrons. The summed E-state index contributed by atoms with van der Waals surface area (Å²) in [5.41, 5.74) is -3.68. The van der Waals surface area contributed by atoms with Crippen LogP contribution in [0.15, 0.2) is 36.9 Å². The predicted octanol–water partition coefficient (Wildman–Crippen LogP) is 1.13. The highest BCUT2D eigenvalue weighted by Gasteiger charge is 2.37. The Morgan fingerprint density at radius 3 is 2.19 bits per heavy atom. The number of nitrogens with zero attached hydrogens (tertiary/aromatic N) is 3. The monoisotopic (exact) mass is 447 g/mol. The number of aromatic nitrogens is 2. The Bertz CT molecular complexity index is 1050. The van der Waals surface area contributed by atoms with Crippen LogP contribution in [0.25, 0.3) is 0 Å². The Morgan fingerprint density at radius 1 is 1.15 bits per heavy atom. The first-order valence-electron chi connectivity index (χ1n) is 7.05. The van der Waals surface area contributed by atoms with Gasteiger partial charge in [0.25, 0.3) is 6.33 Å². The van der Waals surface area contributed by atoms with Crippen molar-refractivity contribution in [2.24, 2.45) is 7.05 Å². The van der Waals surface area contributed by atoms with Crippen LogP contribution < -0.4 is 4.57 Å². The van der Waals surface area contributed by atoms with Crippen LogP contribution in [0, 0.1) is 0 Å². The maximum Gasteiger partial charge on any atom is 0.485 e. The van der Waals surface area contributed by atoms with Crippen LogP contribution in [0.5, 0.6) is 0 Å². The lowest BCUT2D eigenvalue weighted by Gasteiger charge is -2.11. The van der Waals surface area contributed by atoms with Gasteiger partial charge in [0.2, 0.25) is 0 Å². The second kappa shape index (κ2) is 7.39. The minimum atomic E-state index is -6.09. The third-order valence-electron chi connectivity index (χ3n) is 3.48. The van der Waals surface area contributed by atoms with Crippen molar-refractivity contribution in [1.82, 2.24) is 8.28 Å². The van der Waals surface area contributed by atoms with Gasteiger partial charge in [0.15, 0.2) is 10.1 Å². The minimum Gasteiger partial charge on any atom is -0.741 e. The molecule has 0 N–H and O–H groups in total. The molecule has 0 fully saturated rings. The Hall–Kier alpha value is -1.67. The van der Waals surface area contributed by atoms with E-state index in [1.54, 1.807) is 23.9 Å². The Labute approximate surface area is 158 Å². The maximum absolute atomic E-state index is 12.4. The van der Waals surface area contributed by atoms with E-state index in [0.717, 1.165) is 11.1 Å². The van der Waals surface area contributed by atoms with E-state index in [0.29, 0.717) is 18.1 Å². The largest absolute Gasteiger partial charge is 0.741 e. The van der Waals surface area contributed by atoms with Gasteiger partial charge in [-0.3, -0.25) is 0 Å². The van der Waals surface area contributed by atoms with Gasteiger partial charge in [0.05, 0.1) is 7.05 Å². The van der Waals surface area contributed by atoms with Crippen molar-refractivity contribution in [3.05, 3.63) is 53.1 Å². The van der Waals surface area contributed by atoms with Gasteiger partial charge in [-0.15, -0.1) is 3.97 Å². The van der Waals surface area contributed by atoms with E-state index in [1.807, 2.05) is 12.1 Å². The van der Waals surface area contributed by atoms with E-state index < -0.39 is 25.8 Å². The van der Waals surface area contributed by atoms with Crippen molar-refractivity contribution in [1.29, 1.82) is 0 Å². The fourth-order valence-electron chi connectivity index (χ4n) is 2.19. The lowest BCUT2D eigenvalue weighted by molar-refractivity contribution is -0.670. The SMILES string of the molecule is C[n+]1ccn(S(=O)(=O)N2Cc3ccc(Cl)cc3C2)c1.O=S(=O)([O-])C(F)(F)F. The molecular formula is C13H13ClF3N3O5S2. The quantitative estimate of drug-likeness (QED) is 0.390. The molecule has 14 heteroatoms. The minimum absolute atomic E-state index is 0.361. The molecule has 1 aromatic carbocycles. The van der Waals surface area contributed by atoms with Crippen LogP contribution in [-0.2, 0) is 40.5 Å². The van der Waals surface area contributed by atoms with E-state index in [4.69, 9.17) is 24.6 Å². The molecule has 1 aliphatic heterocycles. The summed E-state index contributed by atoms with van der Waals surface area (Å²) in [6, 6.07) is 5.48. The van der Waals surface area contributed by atoms with Gasteiger partial charge >= 0.3 is 15.7 Å². The van der Waals surface area contributed by atoms with Crippen LogP contribution in [0.3, 0.4) is 0 Å². The first-order chi connectivity index (χ1) is 12.2. The maximum atomic E-state index is 12.4. The third-order valence-corrected chi connectivity index (χ3v) is 5.94. The summed E-state index contributed by atoms with van der Waals surface area (Å²) < 4.78 is 88.1. The van der Waals surface area contributed by atoms with Gasteiger partial charge in [-0.25, -0.2) is 13.0 Å². The van der Waals surface area contributed by atoms with Crippen LogP contribution in [0.2, 0.25) is 5.02 Å². The number of fused-ring (bicyclic) bond motifs is 1. The molecule has 1 aromatic heterocycles. The first-order valence-corrected chi connectivity index (χ1v) is 10.2. The lowest BCUT2D eigenvalue weighted by atomic mass is 10.1. The standard InChI is InChI=1S/C12H13ClN3O2S.CHF3O3S/c1-14-4-5-15(9-14)19(17,18)16-7-10-2-3-12(13)6-11(10)8-16;2-1(3,4)8(5,6)7/h2-6,9H,7-8H2,1H3;(H,5,6,7)/q+1;/p-1. The molecule has 0 bridgehead atoms. The Balaban J connectivity index is 0.000000279. The zero-order chi connectivity index (χ0) is 20.6. The number of aryl methyl sites for hydroxylation is 1.